The average Bonchev–Trinajstić information content (AvgIpc) is 3.27. The smallest absolute Gasteiger partial charge is 0.744 e. The summed E-state index contributed by atoms with van der Waals surface area (Å²) < 4.78 is 75.9. The second-order valence-electron chi connectivity index (χ2n) is 13.9. The normalized spacial score (nSPS) is 11.1. The van der Waals surface area contributed by atoms with Crippen molar-refractivity contribution in [2.75, 3.05) is 31.9 Å². The quantitative estimate of drug-likeness (QED) is 0.0460. The molecule has 2 aromatic heterocycles. The Balaban J connectivity index is 0.00000360. The number of hydrogen-bond donors (Lipinski definition) is 6. The van der Waals surface area contributed by atoms with Crippen molar-refractivity contribution < 1.29 is 85.1 Å². The Morgan fingerprint density at radius 1 is 0.348 bits per heavy atom. The topological polar surface area (TPSA) is 238 Å². The molecule has 8 rings (SSSR count). The number of hydrogen-bond acceptors (Lipinski definition) is 16. The van der Waals surface area contributed by atoms with E-state index in [0.717, 1.165) is 34.9 Å². The summed E-state index contributed by atoms with van der Waals surface area (Å²) in [6, 6.07) is 48.4. The van der Waals surface area contributed by atoms with Crippen molar-refractivity contribution in [3.63, 3.8) is 0 Å². The van der Waals surface area contributed by atoms with Gasteiger partial charge in [-0.1, -0.05) is 97.1 Å². The third kappa shape index (κ3) is 13.7. The predicted molar refractivity (Wildman–Crippen MR) is 247 cm³/mol. The molecule has 66 heavy (non-hydrogen) atoms. The molecule has 16 nitrogen and oxygen atoms in total. The summed E-state index contributed by atoms with van der Waals surface area (Å²) in [7, 11) is -10.2. The van der Waals surface area contributed by atoms with E-state index in [-0.39, 0.29) is 105 Å². The second-order valence-corrected chi connectivity index (χ2v) is 16.6. The molecule has 0 aliphatic heterocycles. The van der Waals surface area contributed by atoms with Gasteiger partial charge in [0.15, 0.2) is 0 Å². The first kappa shape index (κ1) is 49.3. The maximum Gasteiger partial charge on any atom is 1.00 e. The molecule has 0 fully saturated rings. The van der Waals surface area contributed by atoms with Crippen molar-refractivity contribution >= 4 is 102 Å². The van der Waals surface area contributed by atoms with E-state index in [4.69, 9.17) is 0 Å². The van der Waals surface area contributed by atoms with Gasteiger partial charge in [0, 0.05) is 46.3 Å². The van der Waals surface area contributed by atoms with Crippen LogP contribution < -0.4 is 91.0 Å². The van der Waals surface area contributed by atoms with Crippen LogP contribution in [-0.2, 0) is 20.2 Å². The van der Waals surface area contributed by atoms with E-state index in [1.807, 2.05) is 121 Å². The Labute approximate surface area is 425 Å². The summed E-state index contributed by atoms with van der Waals surface area (Å²) in [4.78, 5) is 17.0. The Morgan fingerprint density at radius 3 is 0.909 bits per heavy atom. The molecule has 6 N–H and O–H groups in total. The summed E-state index contributed by atoms with van der Waals surface area (Å²) in [5, 5.41) is 18.8. The van der Waals surface area contributed by atoms with E-state index in [1.165, 1.54) is 36.4 Å². The fourth-order valence-electron chi connectivity index (χ4n) is 6.31. The van der Waals surface area contributed by atoms with Gasteiger partial charge in [-0.25, -0.2) is 16.8 Å². The summed E-state index contributed by atoms with van der Waals surface area (Å²) >= 11 is 0. The molecule has 0 unspecified atom stereocenters. The Bertz CT molecular complexity index is 2850. The molecule has 0 bridgehead atoms. The van der Waals surface area contributed by atoms with Crippen LogP contribution in [0.5, 0.6) is 0 Å². The van der Waals surface area contributed by atoms with Gasteiger partial charge < -0.3 is 41.0 Å². The molecule has 0 saturated heterocycles. The number of nitrogens with zero attached hydrogens (tertiary/aromatic N) is 4. The minimum atomic E-state index is -5.09. The van der Waals surface area contributed by atoms with Gasteiger partial charge in [0.2, 0.25) is 11.9 Å². The number of para-hydroxylation sites is 4. The number of rotatable bonds is 16. The van der Waals surface area contributed by atoms with Crippen LogP contribution in [0.2, 0.25) is 0 Å². The summed E-state index contributed by atoms with van der Waals surface area (Å²) in [5.74, 6) is 1.80. The number of benzene rings is 6. The standard InChI is InChI=1S/C46H38N10O6S2.2Na/c57-63(58,59)39-27-37(49-43-29-41(47-33-13-5-1-6-14-33)53-45(55-43)51-35-17-9-3-10-18-35)25-23-31(39)21-22-32-24-26-38(28-40(32)64(60,61)62)50-44-30-42(48-34-15-7-2-8-16-34)54-46(56-44)52-36-19-11-4-12-20-36;;/h1-30H,(H,57,58,59)(H,60,61,62)(H3,47,49,51,53,55)(H3,48,50,52,54,56);;/q;2*+1/p-2. The predicted octanol–water partition coefficient (Wildman–Crippen LogP) is 3.71. The number of anilines is 12. The molecule has 0 atom stereocenters. The largest absolute Gasteiger partial charge is 1.00 e. The van der Waals surface area contributed by atoms with Gasteiger partial charge in [-0.2, -0.15) is 19.9 Å². The first-order valence-electron chi connectivity index (χ1n) is 19.4. The Hall–Kier alpha value is -6.16. The van der Waals surface area contributed by atoms with E-state index in [0.29, 0.717) is 11.6 Å². The van der Waals surface area contributed by atoms with E-state index in [2.05, 4.69) is 51.8 Å². The van der Waals surface area contributed by atoms with E-state index < -0.39 is 30.0 Å². The zero-order valence-electron chi connectivity index (χ0n) is 35.4. The minimum absolute atomic E-state index is 0. The van der Waals surface area contributed by atoms with Gasteiger partial charge in [0.05, 0.1) is 9.79 Å². The SMILES string of the molecule is O=S(=O)([O-])c1cc(Nc2cc(Nc3ccccc3)nc(Nc3ccccc3)n2)ccc1C=Cc1ccc(Nc2cc(Nc3ccccc3)nc(Nc3ccccc3)n2)cc1S(=O)(=O)[O-].[Na+].[Na+]. The third-order valence-corrected chi connectivity index (χ3v) is 10.9. The molecular weight excluding hydrogens is 899 g/mol. The molecule has 0 aliphatic carbocycles. The maximum atomic E-state index is 12.6. The van der Waals surface area contributed by atoms with Crippen LogP contribution in [0.15, 0.2) is 180 Å². The average molecular weight is 935 g/mol. The molecule has 2 heterocycles. The van der Waals surface area contributed by atoms with Crippen molar-refractivity contribution in [2.45, 2.75) is 9.79 Å². The van der Waals surface area contributed by atoms with Crippen LogP contribution >= 0.6 is 0 Å². The fourth-order valence-corrected chi connectivity index (χ4v) is 7.70. The first-order chi connectivity index (χ1) is 30.9. The van der Waals surface area contributed by atoms with Gasteiger partial charge in [-0.3, -0.25) is 0 Å². The molecule has 0 saturated carbocycles. The minimum Gasteiger partial charge on any atom is -0.744 e. The molecule has 0 amide bonds. The zero-order chi connectivity index (χ0) is 44.5. The van der Waals surface area contributed by atoms with Crippen molar-refractivity contribution in [3.05, 3.63) is 181 Å². The molecule has 0 spiro atoms. The first-order valence-corrected chi connectivity index (χ1v) is 22.2. The molecule has 0 aliphatic rings. The summed E-state index contributed by atoms with van der Waals surface area (Å²) in [6.45, 7) is 0. The van der Waals surface area contributed by atoms with Crippen LogP contribution in [0, 0.1) is 0 Å². The van der Waals surface area contributed by atoms with Crippen LogP contribution in [0.3, 0.4) is 0 Å². The van der Waals surface area contributed by atoms with Crippen LogP contribution in [0.25, 0.3) is 12.2 Å². The van der Waals surface area contributed by atoms with E-state index in [9.17, 15) is 25.9 Å². The van der Waals surface area contributed by atoms with E-state index >= 15 is 0 Å². The fraction of sp³-hybridized carbons (Fsp3) is 0. The van der Waals surface area contributed by atoms with Gasteiger partial charge >= 0.3 is 59.1 Å². The van der Waals surface area contributed by atoms with Crippen LogP contribution in [-0.4, -0.2) is 45.9 Å². The number of aromatic nitrogens is 4. The van der Waals surface area contributed by atoms with Crippen molar-refractivity contribution in [3.8, 4) is 0 Å². The molecular formula is C46H36N10Na2O6S2. The van der Waals surface area contributed by atoms with Gasteiger partial charge in [-0.15, -0.1) is 0 Å². The van der Waals surface area contributed by atoms with E-state index in [1.54, 1.807) is 12.1 Å². The zero-order valence-corrected chi connectivity index (χ0v) is 41.0. The molecule has 0 radical (unpaired) electrons. The summed E-state index contributed by atoms with van der Waals surface area (Å²) in [6.07, 6.45) is 2.49. The van der Waals surface area contributed by atoms with Crippen molar-refractivity contribution in [1.82, 2.24) is 19.9 Å². The second kappa shape index (κ2) is 22.4. The molecule has 8 aromatic rings. The molecule has 6 aromatic carbocycles. The van der Waals surface area contributed by atoms with Crippen molar-refractivity contribution in [1.29, 1.82) is 0 Å². The van der Waals surface area contributed by atoms with Gasteiger partial charge in [-0.05, 0) is 83.9 Å². The Morgan fingerprint density at radius 2 is 0.621 bits per heavy atom. The van der Waals surface area contributed by atoms with Crippen molar-refractivity contribution in [2.24, 2.45) is 0 Å². The monoisotopic (exact) mass is 934 g/mol. The van der Waals surface area contributed by atoms with Crippen LogP contribution in [0.4, 0.5) is 69.3 Å². The maximum absolute atomic E-state index is 12.6. The Kier molecular flexibility index (Phi) is 16.7. The third-order valence-electron chi connectivity index (χ3n) is 9.16. The molecule has 320 valence electrons. The number of nitrogens with one attached hydrogen (secondary N) is 6. The summed E-state index contributed by atoms with van der Waals surface area (Å²) in [5.41, 5.74) is 3.25. The van der Waals surface area contributed by atoms with Gasteiger partial charge in [0.1, 0.15) is 43.5 Å². The van der Waals surface area contributed by atoms with Gasteiger partial charge in [0.25, 0.3) is 0 Å². The van der Waals surface area contributed by atoms with Crippen LogP contribution in [0.1, 0.15) is 11.1 Å². The molecule has 20 heteroatoms.